The number of nitrogens with zero attached hydrogens (tertiary/aromatic N) is 2. The third kappa shape index (κ3) is 3.47. The van der Waals surface area contributed by atoms with Crippen LogP contribution in [0.1, 0.15) is 36.9 Å². The molecule has 0 saturated carbocycles. The fourth-order valence-corrected chi connectivity index (χ4v) is 2.83. The van der Waals surface area contributed by atoms with Gasteiger partial charge < -0.3 is 5.11 Å². The van der Waals surface area contributed by atoms with Gasteiger partial charge >= 0.3 is 0 Å². The fraction of sp³-hybridized carbons (Fsp3) is 0.400. The number of aliphatic hydroxyl groups is 1. The van der Waals surface area contributed by atoms with E-state index in [-0.39, 0.29) is 0 Å². The van der Waals surface area contributed by atoms with Gasteiger partial charge in [0.1, 0.15) is 5.82 Å². The average Bonchev–Trinajstić information content (AvgIpc) is 2.78. The third-order valence-electron chi connectivity index (χ3n) is 3.41. The van der Waals surface area contributed by atoms with E-state index in [1.807, 2.05) is 13.8 Å². The minimum atomic E-state index is -0.822. The second-order valence-corrected chi connectivity index (χ2v) is 6.00. The highest BCUT2D eigenvalue weighted by Gasteiger charge is 2.19. The molecule has 21 heavy (non-hydrogen) atoms. The fourth-order valence-electron chi connectivity index (χ4n) is 2.23. The van der Waals surface area contributed by atoms with Crippen molar-refractivity contribution < 1.29 is 9.50 Å². The molecule has 0 aliphatic rings. The normalized spacial score (nSPS) is 12.7. The van der Waals surface area contributed by atoms with E-state index in [2.05, 4.69) is 21.0 Å². The summed E-state index contributed by atoms with van der Waals surface area (Å²) in [4.78, 5) is 0. The monoisotopic (exact) mass is 374 g/mol. The highest BCUT2D eigenvalue weighted by Crippen LogP contribution is 2.28. The zero-order valence-electron chi connectivity index (χ0n) is 11.9. The van der Waals surface area contributed by atoms with Crippen LogP contribution in [0, 0.1) is 5.82 Å². The highest BCUT2D eigenvalue weighted by atomic mass is 79.9. The zero-order valence-corrected chi connectivity index (χ0v) is 14.2. The molecule has 114 valence electrons. The predicted molar refractivity (Wildman–Crippen MR) is 85.1 cm³/mol. The van der Waals surface area contributed by atoms with E-state index in [0.717, 1.165) is 17.8 Å². The summed E-state index contributed by atoms with van der Waals surface area (Å²) in [6, 6.07) is 4.61. The van der Waals surface area contributed by atoms with E-state index < -0.39 is 11.9 Å². The first kappa shape index (κ1) is 16.5. The van der Waals surface area contributed by atoms with Crippen LogP contribution in [0.3, 0.4) is 0 Å². The van der Waals surface area contributed by atoms with E-state index in [1.54, 1.807) is 16.8 Å². The molecule has 1 atom stereocenters. The summed E-state index contributed by atoms with van der Waals surface area (Å²) in [6.07, 6.45) is 0.222. The molecule has 1 unspecified atom stereocenters. The molecule has 1 aromatic carbocycles. The Morgan fingerprint density at radius 1 is 1.43 bits per heavy atom. The van der Waals surface area contributed by atoms with Crippen LogP contribution in [0.5, 0.6) is 0 Å². The Kier molecular flexibility index (Phi) is 5.41. The summed E-state index contributed by atoms with van der Waals surface area (Å²) in [5, 5.41) is 15.3. The quantitative estimate of drug-likeness (QED) is 0.846. The van der Waals surface area contributed by atoms with Crippen molar-refractivity contribution in [2.45, 2.75) is 39.3 Å². The molecule has 0 aliphatic heterocycles. The van der Waals surface area contributed by atoms with Crippen molar-refractivity contribution in [2.24, 2.45) is 0 Å². The molecular formula is C15H17BrClFN2O. The van der Waals surface area contributed by atoms with Crippen LogP contribution in [0.2, 0.25) is 5.02 Å². The molecule has 2 rings (SSSR count). The Labute approximate surface area is 136 Å². The Morgan fingerprint density at radius 3 is 2.71 bits per heavy atom. The maximum Gasteiger partial charge on any atom is 0.137 e. The van der Waals surface area contributed by atoms with E-state index in [4.69, 9.17) is 11.6 Å². The Bertz CT molecular complexity index is 645. The molecule has 2 aromatic rings. The van der Waals surface area contributed by atoms with Crippen molar-refractivity contribution in [2.75, 3.05) is 0 Å². The minimum absolute atomic E-state index is 0.306. The van der Waals surface area contributed by atoms with E-state index in [1.165, 1.54) is 6.07 Å². The Balaban J connectivity index is 2.28. The van der Waals surface area contributed by atoms with Gasteiger partial charge in [-0.2, -0.15) is 5.10 Å². The average molecular weight is 376 g/mol. The van der Waals surface area contributed by atoms with E-state index in [0.29, 0.717) is 28.0 Å². The molecular weight excluding hydrogens is 359 g/mol. The van der Waals surface area contributed by atoms with Crippen LogP contribution in [0.25, 0.3) is 0 Å². The molecule has 0 aliphatic carbocycles. The first-order chi connectivity index (χ1) is 9.97. The van der Waals surface area contributed by atoms with E-state index >= 15 is 0 Å². The van der Waals surface area contributed by atoms with Crippen molar-refractivity contribution in [3.63, 3.8) is 0 Å². The maximum atomic E-state index is 13.6. The predicted octanol–water partition coefficient (Wildman–Crippen LogP) is 4.30. The van der Waals surface area contributed by atoms with Crippen molar-refractivity contribution in [3.8, 4) is 0 Å². The molecule has 0 saturated heterocycles. The molecule has 0 radical (unpaired) electrons. The van der Waals surface area contributed by atoms with Crippen molar-refractivity contribution >= 4 is 27.5 Å². The molecule has 0 amide bonds. The van der Waals surface area contributed by atoms with Gasteiger partial charge in [0.15, 0.2) is 0 Å². The van der Waals surface area contributed by atoms with Gasteiger partial charge in [0, 0.05) is 13.0 Å². The molecule has 1 heterocycles. The number of hydrogen-bond acceptors (Lipinski definition) is 2. The molecule has 6 heteroatoms. The number of aliphatic hydroxyl groups excluding tert-OH is 1. The SMILES string of the molecule is CCc1nn(CC)c(CC(O)c2ccc(Br)c(F)c2)c1Cl. The van der Waals surface area contributed by atoms with Gasteiger partial charge in [0.2, 0.25) is 0 Å². The molecule has 0 fully saturated rings. The summed E-state index contributed by atoms with van der Waals surface area (Å²) in [7, 11) is 0. The first-order valence-electron chi connectivity index (χ1n) is 6.84. The summed E-state index contributed by atoms with van der Waals surface area (Å²) in [5.41, 5.74) is 2.13. The number of hydrogen-bond donors (Lipinski definition) is 1. The van der Waals surface area contributed by atoms with Gasteiger partial charge in [-0.15, -0.1) is 0 Å². The lowest BCUT2D eigenvalue weighted by molar-refractivity contribution is 0.175. The van der Waals surface area contributed by atoms with Crippen LogP contribution in [-0.4, -0.2) is 14.9 Å². The first-order valence-corrected chi connectivity index (χ1v) is 8.02. The van der Waals surface area contributed by atoms with Crippen LogP contribution in [0.4, 0.5) is 4.39 Å². The number of benzene rings is 1. The van der Waals surface area contributed by atoms with Crippen LogP contribution < -0.4 is 0 Å². The molecule has 3 nitrogen and oxygen atoms in total. The maximum absolute atomic E-state index is 13.6. The van der Waals surface area contributed by atoms with Crippen LogP contribution in [-0.2, 0) is 19.4 Å². The lowest BCUT2D eigenvalue weighted by Gasteiger charge is -2.13. The lowest BCUT2D eigenvalue weighted by atomic mass is 10.0. The van der Waals surface area contributed by atoms with Crippen molar-refractivity contribution in [1.29, 1.82) is 0 Å². The third-order valence-corrected chi connectivity index (χ3v) is 4.49. The minimum Gasteiger partial charge on any atom is -0.388 e. The van der Waals surface area contributed by atoms with Crippen molar-refractivity contribution in [1.82, 2.24) is 9.78 Å². The zero-order chi connectivity index (χ0) is 15.6. The van der Waals surface area contributed by atoms with Gasteiger partial charge in [0.05, 0.1) is 27.0 Å². The van der Waals surface area contributed by atoms with Crippen LogP contribution >= 0.6 is 27.5 Å². The number of aryl methyl sites for hydroxylation is 2. The van der Waals surface area contributed by atoms with Gasteiger partial charge in [-0.1, -0.05) is 24.6 Å². The summed E-state index contributed by atoms with van der Waals surface area (Å²) in [5.74, 6) is -0.393. The van der Waals surface area contributed by atoms with Gasteiger partial charge in [-0.05, 0) is 47.0 Å². The topological polar surface area (TPSA) is 38.0 Å². The smallest absolute Gasteiger partial charge is 0.137 e. The van der Waals surface area contributed by atoms with Gasteiger partial charge in [-0.3, -0.25) is 4.68 Å². The second kappa shape index (κ2) is 6.90. The molecule has 1 N–H and O–H groups in total. The Hall–Kier alpha value is -0.910. The molecule has 0 bridgehead atoms. The number of rotatable bonds is 5. The number of aromatic nitrogens is 2. The standard InChI is InChI=1S/C15H17BrClFN2O/c1-3-12-15(17)13(20(4-2)19-12)8-14(21)9-5-6-10(16)11(18)7-9/h5-7,14,21H,3-4,8H2,1-2H3. The molecule has 1 aromatic heterocycles. The van der Waals surface area contributed by atoms with Crippen molar-refractivity contribution in [3.05, 3.63) is 50.5 Å². The lowest BCUT2D eigenvalue weighted by Crippen LogP contribution is -2.09. The summed E-state index contributed by atoms with van der Waals surface area (Å²) < 4.78 is 15.7. The summed E-state index contributed by atoms with van der Waals surface area (Å²) >= 11 is 9.42. The van der Waals surface area contributed by atoms with Crippen LogP contribution in [0.15, 0.2) is 22.7 Å². The van der Waals surface area contributed by atoms with Gasteiger partial charge in [-0.25, -0.2) is 4.39 Å². The summed E-state index contributed by atoms with van der Waals surface area (Å²) in [6.45, 7) is 4.63. The Morgan fingerprint density at radius 2 is 2.14 bits per heavy atom. The van der Waals surface area contributed by atoms with E-state index in [9.17, 15) is 9.50 Å². The highest BCUT2D eigenvalue weighted by molar-refractivity contribution is 9.10. The molecule has 0 spiro atoms. The largest absolute Gasteiger partial charge is 0.388 e. The second-order valence-electron chi connectivity index (χ2n) is 4.77. The van der Waals surface area contributed by atoms with Gasteiger partial charge in [0.25, 0.3) is 0 Å². The number of halogens is 3.